The fourth-order valence-corrected chi connectivity index (χ4v) is 5.19. The van der Waals surface area contributed by atoms with Crippen molar-refractivity contribution in [2.75, 3.05) is 13.7 Å². The van der Waals surface area contributed by atoms with Gasteiger partial charge in [-0.05, 0) is 63.9 Å². The van der Waals surface area contributed by atoms with Crippen LogP contribution in [0.2, 0.25) is 0 Å². The summed E-state index contributed by atoms with van der Waals surface area (Å²) in [6, 6.07) is -0.306. The molecule has 3 heterocycles. The van der Waals surface area contributed by atoms with E-state index in [1.54, 1.807) is 19.3 Å². The third-order valence-electron chi connectivity index (χ3n) is 7.08. The fraction of sp³-hybridized carbons (Fsp3) is 0.581. The predicted molar refractivity (Wildman–Crippen MR) is 148 cm³/mol. The number of amides is 1. The minimum absolute atomic E-state index is 0.00407. The highest BCUT2D eigenvalue weighted by atomic mass is 16.5. The summed E-state index contributed by atoms with van der Waals surface area (Å²) >= 11 is 0. The summed E-state index contributed by atoms with van der Waals surface area (Å²) in [4.78, 5) is 12.8. The molecule has 1 amide bonds. The van der Waals surface area contributed by atoms with Crippen molar-refractivity contribution in [1.82, 2.24) is 5.32 Å². The Bertz CT molecular complexity index is 901. The van der Waals surface area contributed by atoms with Crippen LogP contribution in [0.15, 0.2) is 72.4 Å². The van der Waals surface area contributed by atoms with Crippen LogP contribution in [0.3, 0.4) is 0 Å². The number of rotatable bonds is 4. The number of ether oxygens (including phenoxy) is 3. The van der Waals surface area contributed by atoms with Crippen molar-refractivity contribution in [3.8, 4) is 0 Å². The lowest BCUT2D eigenvalue weighted by Crippen LogP contribution is -2.42. The number of aliphatic hydroxyl groups excluding tert-OH is 1. The lowest BCUT2D eigenvalue weighted by Gasteiger charge is -2.28. The van der Waals surface area contributed by atoms with Crippen molar-refractivity contribution in [2.24, 2.45) is 5.92 Å². The van der Waals surface area contributed by atoms with Gasteiger partial charge in [0, 0.05) is 7.11 Å². The number of fused-ring (bicyclic) bond motifs is 2. The second-order valence-electron chi connectivity index (χ2n) is 10.7. The Kier molecular flexibility index (Phi) is 12.1. The maximum atomic E-state index is 12.8. The first-order valence-electron chi connectivity index (χ1n) is 13.6. The highest BCUT2D eigenvalue weighted by molar-refractivity contribution is 5.87. The quantitative estimate of drug-likeness (QED) is 0.512. The zero-order chi connectivity index (χ0) is 26.6. The molecule has 0 saturated carbocycles. The van der Waals surface area contributed by atoms with Crippen LogP contribution in [0, 0.1) is 5.92 Å². The van der Waals surface area contributed by atoms with Crippen molar-refractivity contribution >= 4 is 5.91 Å². The Labute approximate surface area is 222 Å². The van der Waals surface area contributed by atoms with Crippen LogP contribution in [0.25, 0.3) is 0 Å². The largest absolute Gasteiger partial charge is 0.389 e. The van der Waals surface area contributed by atoms with E-state index in [1.807, 2.05) is 24.3 Å². The summed E-state index contributed by atoms with van der Waals surface area (Å²) in [6.45, 7) is 9.13. The van der Waals surface area contributed by atoms with Gasteiger partial charge in [0.05, 0.1) is 43.2 Å². The van der Waals surface area contributed by atoms with Gasteiger partial charge in [0.15, 0.2) is 0 Å². The van der Waals surface area contributed by atoms with Crippen LogP contribution in [-0.2, 0) is 19.0 Å². The van der Waals surface area contributed by atoms with E-state index in [4.69, 9.17) is 14.2 Å². The summed E-state index contributed by atoms with van der Waals surface area (Å²) in [5, 5.41) is 13.7. The molecule has 2 N–H and O–H groups in total. The lowest BCUT2D eigenvalue weighted by molar-refractivity contribution is -0.117. The smallest absolute Gasteiger partial charge is 0.243 e. The molecule has 7 unspecified atom stereocenters. The summed E-state index contributed by atoms with van der Waals surface area (Å²) in [5.74, 6) is 0.244. The van der Waals surface area contributed by atoms with Gasteiger partial charge in [-0.25, -0.2) is 0 Å². The van der Waals surface area contributed by atoms with Gasteiger partial charge < -0.3 is 24.6 Å². The average molecular weight is 512 g/mol. The number of hydrogen-bond acceptors (Lipinski definition) is 5. The number of carbonyl (C=O) groups is 1. The van der Waals surface area contributed by atoms with Crippen molar-refractivity contribution in [1.29, 1.82) is 0 Å². The van der Waals surface area contributed by atoms with E-state index in [2.05, 4.69) is 44.0 Å². The molecule has 7 atom stereocenters. The first-order valence-corrected chi connectivity index (χ1v) is 13.6. The van der Waals surface area contributed by atoms with Crippen molar-refractivity contribution in [3.05, 3.63) is 72.4 Å². The van der Waals surface area contributed by atoms with Gasteiger partial charge in [-0.15, -0.1) is 0 Å². The number of carbonyl (C=O) groups excluding carboxylic acids is 1. The number of nitrogens with one attached hydrogen (secondary N) is 1. The molecule has 6 nitrogen and oxygen atoms in total. The second-order valence-corrected chi connectivity index (χ2v) is 10.7. The lowest BCUT2D eigenvalue weighted by atomic mass is 9.91. The Morgan fingerprint density at radius 1 is 1.16 bits per heavy atom. The Morgan fingerprint density at radius 3 is 2.76 bits per heavy atom. The van der Waals surface area contributed by atoms with E-state index < -0.39 is 6.10 Å². The van der Waals surface area contributed by atoms with Gasteiger partial charge in [-0.2, -0.15) is 0 Å². The topological polar surface area (TPSA) is 77.0 Å². The zero-order valence-electron chi connectivity index (χ0n) is 22.7. The van der Waals surface area contributed by atoms with Crippen molar-refractivity contribution in [3.63, 3.8) is 0 Å². The number of hydrogen-bond donors (Lipinski definition) is 2. The maximum absolute atomic E-state index is 12.8. The Balaban J connectivity index is 1.73. The van der Waals surface area contributed by atoms with Crippen LogP contribution < -0.4 is 5.32 Å². The van der Waals surface area contributed by atoms with Crippen molar-refractivity contribution < 1.29 is 24.1 Å². The molecule has 0 fully saturated rings. The van der Waals surface area contributed by atoms with Gasteiger partial charge in [0.1, 0.15) is 0 Å². The monoisotopic (exact) mass is 511 g/mol. The summed E-state index contributed by atoms with van der Waals surface area (Å²) in [6.07, 6.45) is 21.9. The second kappa shape index (κ2) is 15.2. The third-order valence-corrected chi connectivity index (χ3v) is 7.08. The molecule has 0 aromatic carbocycles. The number of methoxy groups -OCH3 is 1. The van der Waals surface area contributed by atoms with Gasteiger partial charge >= 0.3 is 0 Å². The highest BCUT2D eigenvalue weighted by Gasteiger charge is 2.23. The molecule has 0 aliphatic carbocycles. The highest BCUT2D eigenvalue weighted by Crippen LogP contribution is 2.26. The predicted octanol–water partition coefficient (Wildman–Crippen LogP) is 5.12. The molecule has 0 saturated heterocycles. The third kappa shape index (κ3) is 10.6. The van der Waals surface area contributed by atoms with Crippen molar-refractivity contribution in [2.45, 2.75) is 95.4 Å². The van der Waals surface area contributed by atoms with Gasteiger partial charge in [0.2, 0.25) is 5.91 Å². The molecule has 3 aliphatic heterocycles. The van der Waals surface area contributed by atoms with Crippen LogP contribution in [0.4, 0.5) is 0 Å². The van der Waals surface area contributed by atoms with Gasteiger partial charge in [-0.1, -0.05) is 73.3 Å². The maximum Gasteiger partial charge on any atom is 0.243 e. The molecular formula is C31H45NO5. The van der Waals surface area contributed by atoms with E-state index >= 15 is 0 Å². The standard InChI is InChI=1S/C31H45NO5/c1-22-16-17-36-27(20-22)14-15-30(35-4)29-12-5-8-25(33)19-23(2)18-24(3)21-28-11-6-9-26(37-28)10-7-13-31(34)32-29/h5-9,13-16,24-30,33H,2,10-12,17-21H2,1,3-4H3,(H,32,34)/b8-5-,13-7-,15-14+. The normalized spacial score (nSPS) is 35.2. The van der Waals surface area contributed by atoms with Gasteiger partial charge in [-0.3, -0.25) is 4.79 Å². The SMILES string of the molecule is C=C1CC(O)/C=C\CC(C(/C=C/C2CC(C)=CCO2)OC)NC(=O)/C=C\CC2C=CCC(CC(C)C1)O2. The molecule has 0 spiro atoms. The first-order chi connectivity index (χ1) is 17.8. The molecule has 3 rings (SSSR count). The van der Waals surface area contributed by atoms with Gasteiger partial charge in [0.25, 0.3) is 0 Å². The summed E-state index contributed by atoms with van der Waals surface area (Å²) in [7, 11) is 1.64. The van der Waals surface area contributed by atoms with E-state index in [-0.39, 0.29) is 36.4 Å². The Morgan fingerprint density at radius 2 is 1.97 bits per heavy atom. The molecule has 6 heteroatoms. The molecule has 204 valence electrons. The van der Waals surface area contributed by atoms with E-state index in [9.17, 15) is 9.90 Å². The average Bonchev–Trinajstić information content (AvgIpc) is 2.83. The number of aliphatic hydroxyl groups is 1. The van der Waals surface area contributed by atoms with E-state index in [1.165, 1.54) is 5.57 Å². The molecule has 3 aliphatic rings. The zero-order valence-corrected chi connectivity index (χ0v) is 22.7. The Hall–Kier alpha value is -2.25. The molecule has 2 bridgehead atoms. The summed E-state index contributed by atoms with van der Waals surface area (Å²) < 4.78 is 17.8. The fourth-order valence-electron chi connectivity index (χ4n) is 5.19. The molecule has 37 heavy (non-hydrogen) atoms. The summed E-state index contributed by atoms with van der Waals surface area (Å²) in [5.41, 5.74) is 2.34. The van der Waals surface area contributed by atoms with Crippen LogP contribution in [-0.4, -0.2) is 61.3 Å². The minimum Gasteiger partial charge on any atom is -0.389 e. The minimum atomic E-state index is -0.616. The molecular weight excluding hydrogens is 466 g/mol. The van der Waals surface area contributed by atoms with E-state index in [0.717, 1.165) is 31.3 Å². The molecule has 0 radical (unpaired) electrons. The molecule has 0 aromatic heterocycles. The first kappa shape index (κ1) is 29.3. The molecule has 0 aromatic rings. The van der Waals surface area contributed by atoms with Crippen LogP contribution in [0.5, 0.6) is 0 Å². The van der Waals surface area contributed by atoms with E-state index in [0.29, 0.717) is 31.8 Å². The van der Waals surface area contributed by atoms with Crippen LogP contribution >= 0.6 is 0 Å². The van der Waals surface area contributed by atoms with Crippen LogP contribution in [0.1, 0.15) is 58.8 Å².